The maximum absolute atomic E-state index is 4.26. The van der Waals surface area contributed by atoms with E-state index in [1.54, 1.807) is 6.20 Å². The molecule has 5 heteroatoms. The predicted octanol–water partition coefficient (Wildman–Crippen LogP) is 1.98. The van der Waals surface area contributed by atoms with Gasteiger partial charge in [-0.05, 0) is 13.0 Å². The molecule has 18 heavy (non-hydrogen) atoms. The SMILES string of the molecule is CCn1cc(CNc2cnccc2N(C)C)cn1. The van der Waals surface area contributed by atoms with E-state index in [-0.39, 0.29) is 0 Å². The molecular weight excluding hydrogens is 226 g/mol. The van der Waals surface area contributed by atoms with Gasteiger partial charge in [-0.15, -0.1) is 0 Å². The molecule has 5 nitrogen and oxygen atoms in total. The Morgan fingerprint density at radius 2 is 2.17 bits per heavy atom. The van der Waals surface area contributed by atoms with Crippen LogP contribution in [0.5, 0.6) is 0 Å². The molecule has 0 aliphatic heterocycles. The number of hydrogen-bond acceptors (Lipinski definition) is 4. The number of anilines is 2. The van der Waals surface area contributed by atoms with Gasteiger partial charge in [-0.3, -0.25) is 9.67 Å². The van der Waals surface area contributed by atoms with Crippen LogP contribution in [0, 0.1) is 0 Å². The van der Waals surface area contributed by atoms with Gasteiger partial charge in [0.15, 0.2) is 0 Å². The molecule has 2 aromatic rings. The summed E-state index contributed by atoms with van der Waals surface area (Å²) in [6, 6.07) is 2.00. The molecule has 96 valence electrons. The van der Waals surface area contributed by atoms with Crippen LogP contribution in [0.1, 0.15) is 12.5 Å². The molecule has 0 amide bonds. The quantitative estimate of drug-likeness (QED) is 0.875. The van der Waals surface area contributed by atoms with E-state index in [0.29, 0.717) is 0 Å². The third-order valence-corrected chi connectivity index (χ3v) is 2.77. The number of aryl methyl sites for hydroxylation is 1. The Morgan fingerprint density at radius 1 is 1.33 bits per heavy atom. The first-order valence-corrected chi connectivity index (χ1v) is 6.07. The van der Waals surface area contributed by atoms with Gasteiger partial charge in [-0.1, -0.05) is 0 Å². The van der Waals surface area contributed by atoms with E-state index >= 15 is 0 Å². The summed E-state index contributed by atoms with van der Waals surface area (Å²) in [7, 11) is 4.05. The van der Waals surface area contributed by atoms with Crippen molar-refractivity contribution >= 4 is 11.4 Å². The van der Waals surface area contributed by atoms with Crippen LogP contribution in [-0.2, 0) is 13.1 Å². The summed E-state index contributed by atoms with van der Waals surface area (Å²) in [5, 5.41) is 7.65. The third-order valence-electron chi connectivity index (χ3n) is 2.77. The lowest BCUT2D eigenvalue weighted by atomic mass is 10.3. The third kappa shape index (κ3) is 2.80. The first-order chi connectivity index (χ1) is 8.70. The van der Waals surface area contributed by atoms with Gasteiger partial charge in [-0.25, -0.2) is 0 Å². The van der Waals surface area contributed by atoms with Gasteiger partial charge in [0.25, 0.3) is 0 Å². The van der Waals surface area contributed by atoms with Crippen LogP contribution < -0.4 is 10.2 Å². The highest BCUT2D eigenvalue weighted by Crippen LogP contribution is 2.22. The average molecular weight is 245 g/mol. The van der Waals surface area contributed by atoms with Crippen molar-refractivity contribution in [1.82, 2.24) is 14.8 Å². The van der Waals surface area contributed by atoms with Crippen molar-refractivity contribution in [2.75, 3.05) is 24.3 Å². The Morgan fingerprint density at radius 3 is 2.83 bits per heavy atom. The molecule has 0 saturated heterocycles. The second kappa shape index (κ2) is 5.53. The highest BCUT2D eigenvalue weighted by molar-refractivity contribution is 5.68. The molecule has 0 spiro atoms. The summed E-state index contributed by atoms with van der Waals surface area (Å²) in [4.78, 5) is 6.22. The molecule has 1 N–H and O–H groups in total. The Labute approximate surface area is 107 Å². The van der Waals surface area contributed by atoms with E-state index in [4.69, 9.17) is 0 Å². The average Bonchev–Trinajstić information content (AvgIpc) is 2.84. The molecular formula is C13H19N5. The molecule has 0 aliphatic carbocycles. The van der Waals surface area contributed by atoms with Crippen molar-refractivity contribution < 1.29 is 0 Å². The van der Waals surface area contributed by atoms with Crippen LogP contribution in [0.2, 0.25) is 0 Å². The predicted molar refractivity (Wildman–Crippen MR) is 73.8 cm³/mol. The van der Waals surface area contributed by atoms with Gasteiger partial charge in [0.2, 0.25) is 0 Å². The molecule has 0 aliphatic rings. The highest BCUT2D eigenvalue weighted by atomic mass is 15.3. The molecule has 2 heterocycles. The first kappa shape index (κ1) is 12.4. The minimum Gasteiger partial charge on any atom is -0.378 e. The summed E-state index contributed by atoms with van der Waals surface area (Å²) in [6.07, 6.45) is 7.59. The monoisotopic (exact) mass is 245 g/mol. The van der Waals surface area contributed by atoms with Crippen molar-refractivity contribution in [2.24, 2.45) is 0 Å². The van der Waals surface area contributed by atoms with E-state index in [2.05, 4.69) is 33.4 Å². The summed E-state index contributed by atoms with van der Waals surface area (Å²) < 4.78 is 1.92. The van der Waals surface area contributed by atoms with E-state index in [1.807, 2.05) is 37.2 Å². The lowest BCUT2D eigenvalue weighted by Gasteiger charge is -2.17. The first-order valence-electron chi connectivity index (χ1n) is 6.07. The van der Waals surface area contributed by atoms with E-state index < -0.39 is 0 Å². The molecule has 0 aromatic carbocycles. The summed E-state index contributed by atoms with van der Waals surface area (Å²) in [6.45, 7) is 3.73. The van der Waals surface area contributed by atoms with Gasteiger partial charge in [-0.2, -0.15) is 5.10 Å². The van der Waals surface area contributed by atoms with Crippen LogP contribution in [0.4, 0.5) is 11.4 Å². The second-order valence-corrected chi connectivity index (χ2v) is 4.35. The Kier molecular flexibility index (Phi) is 3.82. The molecule has 2 rings (SSSR count). The van der Waals surface area contributed by atoms with Crippen molar-refractivity contribution in [2.45, 2.75) is 20.0 Å². The van der Waals surface area contributed by atoms with Gasteiger partial charge in [0.05, 0.1) is 23.8 Å². The number of nitrogens with one attached hydrogen (secondary N) is 1. The van der Waals surface area contributed by atoms with Crippen LogP contribution in [0.3, 0.4) is 0 Å². The molecule has 0 atom stereocenters. The van der Waals surface area contributed by atoms with Crippen molar-refractivity contribution in [3.8, 4) is 0 Å². The van der Waals surface area contributed by atoms with Crippen molar-refractivity contribution in [1.29, 1.82) is 0 Å². The lowest BCUT2D eigenvalue weighted by Crippen LogP contribution is -2.12. The van der Waals surface area contributed by atoms with Crippen LogP contribution in [-0.4, -0.2) is 28.9 Å². The summed E-state index contributed by atoms with van der Waals surface area (Å²) in [5.74, 6) is 0. The molecule has 0 radical (unpaired) electrons. The molecule has 0 unspecified atom stereocenters. The summed E-state index contributed by atoms with van der Waals surface area (Å²) in [5.41, 5.74) is 3.34. The zero-order valence-electron chi connectivity index (χ0n) is 11.1. The lowest BCUT2D eigenvalue weighted by molar-refractivity contribution is 0.659. The number of pyridine rings is 1. The smallest absolute Gasteiger partial charge is 0.0766 e. The summed E-state index contributed by atoms with van der Waals surface area (Å²) >= 11 is 0. The standard InChI is InChI=1S/C13H19N5/c1-4-18-10-11(8-16-18)7-15-12-9-14-6-5-13(12)17(2)3/h5-6,8-10,15H,4,7H2,1-3H3. The minimum absolute atomic E-state index is 0.756. The van der Waals surface area contributed by atoms with Crippen molar-refractivity contribution in [3.63, 3.8) is 0 Å². The van der Waals surface area contributed by atoms with Crippen molar-refractivity contribution in [3.05, 3.63) is 36.4 Å². The number of hydrogen-bond donors (Lipinski definition) is 1. The Hall–Kier alpha value is -2.04. The number of aromatic nitrogens is 3. The minimum atomic E-state index is 0.756. The maximum atomic E-state index is 4.26. The van der Waals surface area contributed by atoms with Gasteiger partial charge >= 0.3 is 0 Å². The van der Waals surface area contributed by atoms with E-state index in [9.17, 15) is 0 Å². The fourth-order valence-corrected chi connectivity index (χ4v) is 1.78. The van der Waals surface area contributed by atoms with E-state index in [1.165, 1.54) is 5.56 Å². The van der Waals surface area contributed by atoms with E-state index in [0.717, 1.165) is 24.5 Å². The maximum Gasteiger partial charge on any atom is 0.0766 e. The fourth-order valence-electron chi connectivity index (χ4n) is 1.78. The highest BCUT2D eigenvalue weighted by Gasteiger charge is 2.04. The molecule has 0 saturated carbocycles. The second-order valence-electron chi connectivity index (χ2n) is 4.35. The fraction of sp³-hybridized carbons (Fsp3) is 0.385. The van der Waals surface area contributed by atoms with Gasteiger partial charge in [0, 0.05) is 45.1 Å². The zero-order chi connectivity index (χ0) is 13.0. The molecule has 2 aromatic heterocycles. The topological polar surface area (TPSA) is 46.0 Å². The van der Waals surface area contributed by atoms with Crippen LogP contribution >= 0.6 is 0 Å². The van der Waals surface area contributed by atoms with Crippen LogP contribution in [0.15, 0.2) is 30.9 Å². The molecule has 0 fully saturated rings. The number of rotatable bonds is 5. The zero-order valence-corrected chi connectivity index (χ0v) is 11.1. The van der Waals surface area contributed by atoms with Crippen LogP contribution in [0.25, 0.3) is 0 Å². The number of nitrogens with zero attached hydrogens (tertiary/aromatic N) is 4. The Balaban J connectivity index is 2.05. The van der Waals surface area contributed by atoms with Gasteiger partial charge < -0.3 is 10.2 Å². The Bertz CT molecular complexity index is 504. The normalized spacial score (nSPS) is 10.4. The largest absolute Gasteiger partial charge is 0.378 e. The van der Waals surface area contributed by atoms with Gasteiger partial charge in [0.1, 0.15) is 0 Å². The molecule has 0 bridgehead atoms.